The van der Waals surface area contributed by atoms with Crippen LogP contribution in [0.25, 0.3) is 5.57 Å². The molecular weight excluding hydrogens is 358 g/mol. The highest BCUT2D eigenvalue weighted by Crippen LogP contribution is 2.36. The van der Waals surface area contributed by atoms with Crippen molar-refractivity contribution in [1.82, 2.24) is 4.90 Å². The van der Waals surface area contributed by atoms with E-state index in [9.17, 15) is 14.7 Å². The molecule has 2 amide bonds. The van der Waals surface area contributed by atoms with Gasteiger partial charge in [-0.25, -0.2) is 0 Å². The molecule has 0 saturated carbocycles. The van der Waals surface area contributed by atoms with Crippen LogP contribution in [-0.2, 0) is 16.0 Å². The Balaban J connectivity index is 1.90. The predicted octanol–water partition coefficient (Wildman–Crippen LogP) is 3.35. The molecule has 2 aromatic rings. The number of hydrogen-bond acceptors (Lipinski definition) is 4. The van der Waals surface area contributed by atoms with Crippen LogP contribution in [0.1, 0.15) is 22.3 Å². The van der Waals surface area contributed by atoms with Crippen molar-refractivity contribution in [2.75, 3.05) is 18.9 Å². The van der Waals surface area contributed by atoms with Gasteiger partial charge in [-0.3, -0.25) is 14.5 Å². The minimum absolute atomic E-state index is 0.0418. The lowest BCUT2D eigenvalue weighted by Crippen LogP contribution is -2.33. The van der Waals surface area contributed by atoms with Crippen LogP contribution in [0.5, 0.6) is 0 Å². The minimum Gasteiger partial charge on any atom is -0.396 e. The van der Waals surface area contributed by atoms with Gasteiger partial charge < -0.3 is 5.11 Å². The van der Waals surface area contributed by atoms with Crippen LogP contribution in [0.4, 0.5) is 0 Å². The second kappa shape index (κ2) is 8.55. The molecule has 5 heteroatoms. The van der Waals surface area contributed by atoms with Crippen molar-refractivity contribution >= 4 is 29.1 Å². The summed E-state index contributed by atoms with van der Waals surface area (Å²) in [7, 11) is 0. The quantitative estimate of drug-likeness (QED) is 0.748. The van der Waals surface area contributed by atoms with Gasteiger partial charge in [-0.1, -0.05) is 48.5 Å². The summed E-state index contributed by atoms with van der Waals surface area (Å²) in [5.41, 5.74) is 4.52. The molecule has 0 saturated heterocycles. The number of carbonyl (C=O) groups excluding carboxylic acids is 2. The summed E-state index contributed by atoms with van der Waals surface area (Å²) in [6.45, 7) is 4.32. The molecule has 140 valence electrons. The van der Waals surface area contributed by atoms with Crippen LogP contribution in [0.2, 0.25) is 0 Å². The SMILES string of the molecule is Cc1ccc(C2=C(SCCO)C(=O)N(CCc3ccccc3)C2=O)cc1C. The highest BCUT2D eigenvalue weighted by atomic mass is 32.2. The number of carbonyl (C=O) groups is 2. The Labute approximate surface area is 163 Å². The summed E-state index contributed by atoms with van der Waals surface area (Å²) in [4.78, 5) is 27.8. The van der Waals surface area contributed by atoms with Gasteiger partial charge in [0.2, 0.25) is 0 Å². The van der Waals surface area contributed by atoms with E-state index in [-0.39, 0.29) is 18.4 Å². The van der Waals surface area contributed by atoms with Gasteiger partial charge in [0.05, 0.1) is 17.1 Å². The van der Waals surface area contributed by atoms with E-state index in [1.807, 2.05) is 62.4 Å². The first-order chi connectivity index (χ1) is 13.0. The number of aliphatic hydroxyl groups excluding tert-OH is 1. The maximum absolute atomic E-state index is 13.1. The number of aliphatic hydroxyl groups is 1. The van der Waals surface area contributed by atoms with Gasteiger partial charge in [-0.05, 0) is 42.5 Å². The van der Waals surface area contributed by atoms with E-state index in [1.165, 1.54) is 16.7 Å². The molecule has 1 heterocycles. The van der Waals surface area contributed by atoms with Crippen molar-refractivity contribution in [2.24, 2.45) is 0 Å². The fourth-order valence-corrected chi connectivity index (χ4v) is 3.95. The van der Waals surface area contributed by atoms with E-state index < -0.39 is 0 Å². The lowest BCUT2D eigenvalue weighted by atomic mass is 10.0. The number of hydrogen-bond donors (Lipinski definition) is 1. The highest BCUT2D eigenvalue weighted by Gasteiger charge is 2.38. The summed E-state index contributed by atoms with van der Waals surface area (Å²) in [5.74, 6) is -0.128. The van der Waals surface area contributed by atoms with Crippen LogP contribution < -0.4 is 0 Å². The molecule has 0 radical (unpaired) electrons. The molecule has 1 aliphatic heterocycles. The summed E-state index contributed by atoms with van der Waals surface area (Å²) in [6.07, 6.45) is 0.622. The first-order valence-corrected chi connectivity index (χ1v) is 9.97. The van der Waals surface area contributed by atoms with E-state index in [0.29, 0.717) is 29.2 Å². The molecule has 0 bridgehead atoms. The monoisotopic (exact) mass is 381 g/mol. The van der Waals surface area contributed by atoms with E-state index in [4.69, 9.17) is 0 Å². The van der Waals surface area contributed by atoms with Gasteiger partial charge in [0.25, 0.3) is 11.8 Å². The molecule has 0 aliphatic carbocycles. The Bertz CT molecular complexity index is 890. The molecule has 1 aliphatic rings. The normalized spacial score (nSPS) is 14.4. The van der Waals surface area contributed by atoms with Crippen molar-refractivity contribution in [2.45, 2.75) is 20.3 Å². The van der Waals surface area contributed by atoms with Gasteiger partial charge in [-0.15, -0.1) is 11.8 Å². The van der Waals surface area contributed by atoms with Crippen LogP contribution in [0.3, 0.4) is 0 Å². The molecule has 2 aromatic carbocycles. The van der Waals surface area contributed by atoms with Crippen molar-refractivity contribution in [3.8, 4) is 0 Å². The summed E-state index contributed by atoms with van der Waals surface area (Å²) >= 11 is 1.25. The first-order valence-electron chi connectivity index (χ1n) is 8.98. The minimum atomic E-state index is -0.261. The summed E-state index contributed by atoms with van der Waals surface area (Å²) in [5, 5.41) is 9.18. The fraction of sp³-hybridized carbons (Fsp3) is 0.273. The highest BCUT2D eigenvalue weighted by molar-refractivity contribution is 8.04. The summed E-state index contributed by atoms with van der Waals surface area (Å²) in [6, 6.07) is 15.6. The van der Waals surface area contributed by atoms with Crippen LogP contribution >= 0.6 is 11.8 Å². The lowest BCUT2D eigenvalue weighted by Gasteiger charge is -2.15. The van der Waals surface area contributed by atoms with Crippen molar-refractivity contribution in [3.05, 3.63) is 75.7 Å². The molecule has 0 spiro atoms. The number of imide groups is 1. The van der Waals surface area contributed by atoms with Crippen LogP contribution in [0, 0.1) is 13.8 Å². The third kappa shape index (κ3) is 4.15. The molecule has 27 heavy (non-hydrogen) atoms. The van der Waals surface area contributed by atoms with E-state index >= 15 is 0 Å². The Morgan fingerprint density at radius 1 is 0.963 bits per heavy atom. The van der Waals surface area contributed by atoms with Crippen molar-refractivity contribution in [3.63, 3.8) is 0 Å². The fourth-order valence-electron chi connectivity index (χ4n) is 3.08. The van der Waals surface area contributed by atoms with E-state index in [2.05, 4.69) is 0 Å². The zero-order valence-electron chi connectivity index (χ0n) is 15.6. The maximum Gasteiger partial charge on any atom is 0.267 e. The molecule has 0 unspecified atom stereocenters. The van der Waals surface area contributed by atoms with Crippen LogP contribution in [-0.4, -0.2) is 40.7 Å². The Kier molecular flexibility index (Phi) is 6.14. The second-order valence-electron chi connectivity index (χ2n) is 6.57. The largest absolute Gasteiger partial charge is 0.396 e. The average Bonchev–Trinajstić information content (AvgIpc) is 2.91. The lowest BCUT2D eigenvalue weighted by molar-refractivity contribution is -0.136. The molecule has 0 aromatic heterocycles. The maximum atomic E-state index is 13.1. The van der Waals surface area contributed by atoms with E-state index in [1.54, 1.807) is 0 Å². The standard InChI is InChI=1S/C22H23NO3S/c1-15-8-9-18(14-16(15)2)19-20(27-13-12-24)22(26)23(21(19)25)11-10-17-6-4-3-5-7-17/h3-9,14,24H,10-13H2,1-2H3. The molecule has 0 atom stereocenters. The van der Waals surface area contributed by atoms with E-state index in [0.717, 1.165) is 22.3 Å². The molecule has 3 rings (SSSR count). The number of benzene rings is 2. The van der Waals surface area contributed by atoms with Gasteiger partial charge >= 0.3 is 0 Å². The number of rotatable bonds is 7. The molecule has 1 N–H and O–H groups in total. The first kappa shape index (κ1) is 19.4. The number of amides is 2. The zero-order valence-corrected chi connectivity index (χ0v) is 16.4. The second-order valence-corrected chi connectivity index (χ2v) is 7.68. The Hall–Kier alpha value is -2.37. The van der Waals surface area contributed by atoms with Crippen LogP contribution in [0.15, 0.2) is 53.4 Å². The van der Waals surface area contributed by atoms with Gasteiger partial charge in [-0.2, -0.15) is 0 Å². The number of aryl methyl sites for hydroxylation is 2. The molecule has 4 nitrogen and oxygen atoms in total. The third-order valence-electron chi connectivity index (χ3n) is 4.73. The molecular formula is C22H23NO3S. The Morgan fingerprint density at radius 2 is 1.70 bits per heavy atom. The smallest absolute Gasteiger partial charge is 0.267 e. The number of nitrogens with zero attached hydrogens (tertiary/aromatic N) is 1. The average molecular weight is 381 g/mol. The van der Waals surface area contributed by atoms with Gasteiger partial charge in [0.15, 0.2) is 0 Å². The zero-order chi connectivity index (χ0) is 19.4. The Morgan fingerprint density at radius 3 is 2.37 bits per heavy atom. The predicted molar refractivity (Wildman–Crippen MR) is 109 cm³/mol. The summed E-state index contributed by atoms with van der Waals surface area (Å²) < 4.78 is 0. The van der Waals surface area contributed by atoms with Gasteiger partial charge in [0.1, 0.15) is 0 Å². The number of thioether (sulfide) groups is 1. The topological polar surface area (TPSA) is 57.6 Å². The third-order valence-corrected chi connectivity index (χ3v) is 5.78. The van der Waals surface area contributed by atoms with Gasteiger partial charge in [0, 0.05) is 12.3 Å². The molecule has 0 fully saturated rings. The van der Waals surface area contributed by atoms with Crippen molar-refractivity contribution < 1.29 is 14.7 Å². The van der Waals surface area contributed by atoms with Crippen molar-refractivity contribution in [1.29, 1.82) is 0 Å².